The number of unbranched alkanes of at least 4 members (excludes halogenated alkanes) is 1. The van der Waals surface area contributed by atoms with E-state index in [1.807, 2.05) is 0 Å². The van der Waals surface area contributed by atoms with Crippen LogP contribution in [-0.4, -0.2) is 12.6 Å². The first-order chi connectivity index (χ1) is 7.86. The summed E-state index contributed by atoms with van der Waals surface area (Å²) in [5.41, 5.74) is 1.45. The van der Waals surface area contributed by atoms with Gasteiger partial charge < -0.3 is 5.32 Å². The van der Waals surface area contributed by atoms with Crippen LogP contribution in [0.2, 0.25) is 0 Å². The van der Waals surface area contributed by atoms with Gasteiger partial charge in [-0.1, -0.05) is 57.0 Å². The van der Waals surface area contributed by atoms with E-state index in [0.717, 1.165) is 6.54 Å². The van der Waals surface area contributed by atoms with Crippen molar-refractivity contribution in [3.63, 3.8) is 0 Å². The average molecular weight is 219 g/mol. The van der Waals surface area contributed by atoms with Gasteiger partial charge in [-0.25, -0.2) is 0 Å². The van der Waals surface area contributed by atoms with Crippen molar-refractivity contribution >= 4 is 0 Å². The zero-order valence-corrected chi connectivity index (χ0v) is 10.7. The summed E-state index contributed by atoms with van der Waals surface area (Å²) in [5.74, 6) is 0. The van der Waals surface area contributed by atoms with Gasteiger partial charge in [0.25, 0.3) is 0 Å². The van der Waals surface area contributed by atoms with Crippen molar-refractivity contribution in [2.24, 2.45) is 0 Å². The fourth-order valence-corrected chi connectivity index (χ4v) is 1.97. The predicted molar refractivity (Wildman–Crippen MR) is 71.8 cm³/mol. The van der Waals surface area contributed by atoms with Crippen molar-refractivity contribution < 1.29 is 0 Å². The monoisotopic (exact) mass is 219 g/mol. The van der Waals surface area contributed by atoms with Crippen LogP contribution >= 0.6 is 0 Å². The SMILES string of the molecule is CCCCC(Cc1ccccc1)NCCC. The molecule has 1 nitrogen and oxygen atoms in total. The Morgan fingerprint density at radius 1 is 1.06 bits per heavy atom. The molecule has 0 saturated carbocycles. The van der Waals surface area contributed by atoms with Crippen LogP contribution in [0.15, 0.2) is 30.3 Å². The first-order valence-electron chi connectivity index (χ1n) is 6.64. The van der Waals surface area contributed by atoms with Crippen molar-refractivity contribution in [3.8, 4) is 0 Å². The molecule has 90 valence electrons. The van der Waals surface area contributed by atoms with Gasteiger partial charge in [-0.05, 0) is 31.4 Å². The van der Waals surface area contributed by atoms with Crippen LogP contribution in [0.4, 0.5) is 0 Å². The van der Waals surface area contributed by atoms with E-state index in [1.165, 1.54) is 37.7 Å². The van der Waals surface area contributed by atoms with Gasteiger partial charge in [-0.2, -0.15) is 0 Å². The third-order valence-corrected chi connectivity index (χ3v) is 2.91. The molecule has 1 aromatic carbocycles. The highest BCUT2D eigenvalue weighted by molar-refractivity contribution is 5.15. The van der Waals surface area contributed by atoms with E-state index in [-0.39, 0.29) is 0 Å². The smallest absolute Gasteiger partial charge is 0.0107 e. The molecule has 0 aliphatic heterocycles. The summed E-state index contributed by atoms with van der Waals surface area (Å²) in [6.07, 6.45) is 6.30. The van der Waals surface area contributed by atoms with Crippen molar-refractivity contribution in [2.75, 3.05) is 6.54 Å². The van der Waals surface area contributed by atoms with Crippen molar-refractivity contribution in [2.45, 2.75) is 52.0 Å². The second-order valence-corrected chi connectivity index (χ2v) is 4.48. The molecule has 0 bridgehead atoms. The zero-order chi connectivity index (χ0) is 11.6. The van der Waals surface area contributed by atoms with Gasteiger partial charge >= 0.3 is 0 Å². The molecule has 0 heterocycles. The molecule has 1 N–H and O–H groups in total. The maximum absolute atomic E-state index is 3.65. The van der Waals surface area contributed by atoms with Gasteiger partial charge in [0, 0.05) is 6.04 Å². The van der Waals surface area contributed by atoms with E-state index in [0.29, 0.717) is 6.04 Å². The van der Waals surface area contributed by atoms with E-state index in [9.17, 15) is 0 Å². The van der Waals surface area contributed by atoms with E-state index in [4.69, 9.17) is 0 Å². The normalized spacial score (nSPS) is 12.6. The van der Waals surface area contributed by atoms with Crippen LogP contribution in [-0.2, 0) is 6.42 Å². The lowest BCUT2D eigenvalue weighted by molar-refractivity contribution is 0.462. The third kappa shape index (κ3) is 5.32. The summed E-state index contributed by atoms with van der Waals surface area (Å²) < 4.78 is 0. The van der Waals surface area contributed by atoms with Crippen LogP contribution in [0.1, 0.15) is 45.1 Å². The fourth-order valence-electron chi connectivity index (χ4n) is 1.97. The van der Waals surface area contributed by atoms with Crippen molar-refractivity contribution in [1.29, 1.82) is 0 Å². The lowest BCUT2D eigenvalue weighted by Crippen LogP contribution is -2.31. The van der Waals surface area contributed by atoms with Gasteiger partial charge in [-0.15, -0.1) is 0 Å². The van der Waals surface area contributed by atoms with Crippen molar-refractivity contribution in [3.05, 3.63) is 35.9 Å². The largest absolute Gasteiger partial charge is 0.314 e. The van der Waals surface area contributed by atoms with Gasteiger partial charge in [0.1, 0.15) is 0 Å². The molecule has 0 spiro atoms. The minimum Gasteiger partial charge on any atom is -0.314 e. The van der Waals surface area contributed by atoms with Crippen LogP contribution < -0.4 is 5.32 Å². The second-order valence-electron chi connectivity index (χ2n) is 4.48. The Morgan fingerprint density at radius 2 is 1.81 bits per heavy atom. The quantitative estimate of drug-likeness (QED) is 0.701. The molecule has 1 atom stereocenters. The number of nitrogens with one attached hydrogen (secondary N) is 1. The van der Waals surface area contributed by atoms with E-state index in [2.05, 4.69) is 49.5 Å². The Hall–Kier alpha value is -0.820. The highest BCUT2D eigenvalue weighted by atomic mass is 14.9. The Morgan fingerprint density at radius 3 is 2.44 bits per heavy atom. The molecule has 0 saturated heterocycles. The number of hydrogen-bond acceptors (Lipinski definition) is 1. The van der Waals surface area contributed by atoms with Crippen molar-refractivity contribution in [1.82, 2.24) is 5.32 Å². The summed E-state index contributed by atoms with van der Waals surface area (Å²) in [6, 6.07) is 11.5. The second kappa shape index (κ2) is 8.35. The minimum absolute atomic E-state index is 0.655. The first-order valence-corrected chi connectivity index (χ1v) is 6.64. The molecule has 16 heavy (non-hydrogen) atoms. The molecule has 0 amide bonds. The summed E-state index contributed by atoms with van der Waals surface area (Å²) in [7, 11) is 0. The molecule has 0 fully saturated rings. The van der Waals surface area contributed by atoms with Gasteiger partial charge in [0.2, 0.25) is 0 Å². The summed E-state index contributed by atoms with van der Waals surface area (Å²) in [4.78, 5) is 0. The standard InChI is InChI=1S/C15H25N/c1-3-5-11-15(16-12-4-2)13-14-9-7-6-8-10-14/h6-10,15-16H,3-5,11-13H2,1-2H3. The molecule has 0 aromatic heterocycles. The fraction of sp³-hybridized carbons (Fsp3) is 0.600. The zero-order valence-electron chi connectivity index (χ0n) is 10.7. The number of hydrogen-bond donors (Lipinski definition) is 1. The average Bonchev–Trinajstić information content (AvgIpc) is 2.34. The molecule has 0 aliphatic carbocycles. The number of benzene rings is 1. The highest BCUT2D eigenvalue weighted by Gasteiger charge is 2.07. The maximum Gasteiger partial charge on any atom is 0.0107 e. The lowest BCUT2D eigenvalue weighted by atomic mass is 10.0. The van der Waals surface area contributed by atoms with E-state index in [1.54, 1.807) is 0 Å². The summed E-state index contributed by atoms with van der Waals surface area (Å²) in [5, 5.41) is 3.65. The van der Waals surface area contributed by atoms with Crippen LogP contribution in [0, 0.1) is 0 Å². The highest BCUT2D eigenvalue weighted by Crippen LogP contribution is 2.08. The Bertz CT molecular complexity index is 247. The van der Waals surface area contributed by atoms with Crippen LogP contribution in [0.3, 0.4) is 0 Å². The molecular formula is C15H25N. The first kappa shape index (κ1) is 13.2. The lowest BCUT2D eigenvalue weighted by Gasteiger charge is -2.18. The maximum atomic E-state index is 3.65. The molecular weight excluding hydrogens is 194 g/mol. The molecule has 1 unspecified atom stereocenters. The Labute approximate surface area is 100 Å². The molecule has 1 aromatic rings. The Balaban J connectivity index is 2.42. The van der Waals surface area contributed by atoms with Gasteiger partial charge in [0.05, 0.1) is 0 Å². The topological polar surface area (TPSA) is 12.0 Å². The molecule has 1 heteroatoms. The minimum atomic E-state index is 0.655. The van der Waals surface area contributed by atoms with E-state index >= 15 is 0 Å². The molecule has 1 rings (SSSR count). The summed E-state index contributed by atoms with van der Waals surface area (Å²) in [6.45, 7) is 5.63. The summed E-state index contributed by atoms with van der Waals surface area (Å²) >= 11 is 0. The van der Waals surface area contributed by atoms with E-state index < -0.39 is 0 Å². The van der Waals surface area contributed by atoms with Crippen LogP contribution in [0.25, 0.3) is 0 Å². The van der Waals surface area contributed by atoms with Gasteiger partial charge in [-0.3, -0.25) is 0 Å². The predicted octanol–water partition coefficient (Wildman–Crippen LogP) is 3.79. The van der Waals surface area contributed by atoms with Gasteiger partial charge in [0.15, 0.2) is 0 Å². The molecule has 0 aliphatic rings. The molecule has 0 radical (unpaired) electrons. The number of rotatable bonds is 8. The third-order valence-electron chi connectivity index (χ3n) is 2.91. The van der Waals surface area contributed by atoms with Crippen LogP contribution in [0.5, 0.6) is 0 Å². The Kier molecular flexibility index (Phi) is 6.91.